The zero-order valence-corrected chi connectivity index (χ0v) is 16.2. The first-order chi connectivity index (χ1) is 13.1. The summed E-state index contributed by atoms with van der Waals surface area (Å²) in [6.45, 7) is 0. The van der Waals surface area contributed by atoms with E-state index < -0.39 is 54.2 Å². The number of anilines is 1. The Hall–Kier alpha value is -2.08. The van der Waals surface area contributed by atoms with Crippen LogP contribution in [0.25, 0.3) is 0 Å². The third-order valence-electron chi connectivity index (χ3n) is 3.30. The second kappa shape index (κ2) is 7.98. The number of carbonyl (C=O) groups is 1. The van der Waals surface area contributed by atoms with Crippen molar-refractivity contribution in [3.8, 4) is 5.75 Å². The molecule has 0 aliphatic heterocycles. The van der Waals surface area contributed by atoms with E-state index in [-0.39, 0.29) is 22.7 Å². The molecule has 14 heteroatoms. The molecule has 0 fully saturated rings. The van der Waals surface area contributed by atoms with Gasteiger partial charge in [0, 0.05) is 4.47 Å². The van der Waals surface area contributed by atoms with Gasteiger partial charge in [0.25, 0.3) is 5.91 Å². The predicted molar refractivity (Wildman–Crippen MR) is 91.2 cm³/mol. The average Bonchev–Trinajstić information content (AvgIpc) is 2.53. The maximum absolute atomic E-state index is 13.1. The van der Waals surface area contributed by atoms with Crippen LogP contribution in [0.1, 0.15) is 21.5 Å². The molecule has 0 saturated carbocycles. The third-order valence-corrected chi connectivity index (χ3v) is 4.23. The minimum absolute atomic E-state index is 0.0994. The van der Waals surface area contributed by atoms with Crippen molar-refractivity contribution in [3.63, 3.8) is 0 Å². The normalized spacial score (nSPS) is 12.6. The van der Waals surface area contributed by atoms with Crippen LogP contribution in [0.3, 0.4) is 0 Å². The summed E-state index contributed by atoms with van der Waals surface area (Å²) in [6.07, 6.45) is -10.1. The van der Waals surface area contributed by atoms with Crippen LogP contribution in [-0.2, 0) is 16.9 Å². The van der Waals surface area contributed by atoms with Crippen molar-refractivity contribution in [1.82, 2.24) is 0 Å². The SMILES string of the molecule is O=C(Nc1cc(C(F)(F)F)ccc1C(F)(F)F)c1cc(Br)ccc1OP(=O)(O)O. The van der Waals surface area contributed by atoms with Gasteiger partial charge in [-0.3, -0.25) is 14.6 Å². The predicted octanol–water partition coefficient (Wildman–Crippen LogP) is 5.21. The summed E-state index contributed by atoms with van der Waals surface area (Å²) in [5, 5.41) is 1.69. The summed E-state index contributed by atoms with van der Waals surface area (Å²) >= 11 is 2.96. The quantitative estimate of drug-likeness (QED) is 0.390. The summed E-state index contributed by atoms with van der Waals surface area (Å²) in [6, 6.07) is 3.58. The molecule has 0 bridgehead atoms. The van der Waals surface area contributed by atoms with Gasteiger partial charge in [-0.05, 0) is 36.4 Å². The lowest BCUT2D eigenvalue weighted by molar-refractivity contribution is -0.140. The number of alkyl halides is 6. The molecule has 0 unspecified atom stereocenters. The summed E-state index contributed by atoms with van der Waals surface area (Å²) in [4.78, 5) is 30.2. The molecule has 29 heavy (non-hydrogen) atoms. The fraction of sp³-hybridized carbons (Fsp3) is 0.133. The molecule has 0 spiro atoms. The molecular formula is C15H9BrF6NO5P. The Bertz CT molecular complexity index is 988. The Morgan fingerprint density at radius 1 is 1.00 bits per heavy atom. The van der Waals surface area contributed by atoms with Crippen LogP contribution in [0.15, 0.2) is 40.9 Å². The van der Waals surface area contributed by atoms with Crippen LogP contribution in [0.5, 0.6) is 5.75 Å². The highest BCUT2D eigenvalue weighted by Crippen LogP contribution is 2.41. The first-order valence-corrected chi connectivity index (χ1v) is 9.55. The summed E-state index contributed by atoms with van der Waals surface area (Å²) in [5.74, 6) is -2.08. The van der Waals surface area contributed by atoms with Crippen molar-refractivity contribution >= 4 is 35.3 Å². The highest BCUT2D eigenvalue weighted by Gasteiger charge is 2.37. The molecule has 2 aromatic rings. The van der Waals surface area contributed by atoms with Crippen LogP contribution in [-0.4, -0.2) is 15.7 Å². The molecule has 158 valence electrons. The van der Waals surface area contributed by atoms with Gasteiger partial charge in [-0.25, -0.2) is 4.57 Å². The van der Waals surface area contributed by atoms with Crippen LogP contribution in [0.4, 0.5) is 32.0 Å². The number of halogens is 7. The number of hydrogen-bond donors (Lipinski definition) is 3. The number of amides is 1. The van der Waals surface area contributed by atoms with E-state index in [9.17, 15) is 35.7 Å². The van der Waals surface area contributed by atoms with Gasteiger partial charge in [0.2, 0.25) is 0 Å². The molecule has 2 rings (SSSR count). The molecule has 0 saturated heterocycles. The van der Waals surface area contributed by atoms with E-state index in [1.54, 1.807) is 5.32 Å². The number of phosphoric acid groups is 1. The van der Waals surface area contributed by atoms with E-state index in [4.69, 9.17) is 9.79 Å². The standard InChI is InChI=1S/C15H9BrF6NO5P/c16-8-2-4-12(28-29(25,26)27)9(6-8)13(24)23-11-5-7(14(17,18)19)1-3-10(11)15(20,21)22/h1-6H,(H,23,24)(H2,25,26,27). The second-order valence-electron chi connectivity index (χ2n) is 5.43. The fourth-order valence-electron chi connectivity index (χ4n) is 2.15. The van der Waals surface area contributed by atoms with Gasteiger partial charge in [-0.15, -0.1) is 0 Å². The zero-order valence-electron chi connectivity index (χ0n) is 13.7. The van der Waals surface area contributed by atoms with E-state index in [2.05, 4.69) is 20.5 Å². The Morgan fingerprint density at radius 2 is 1.62 bits per heavy atom. The van der Waals surface area contributed by atoms with E-state index in [0.29, 0.717) is 0 Å². The Balaban J connectivity index is 2.52. The van der Waals surface area contributed by atoms with E-state index in [1.165, 1.54) is 6.07 Å². The number of benzene rings is 2. The number of hydrogen-bond acceptors (Lipinski definition) is 3. The Morgan fingerprint density at radius 3 is 2.14 bits per heavy atom. The number of phosphoric ester groups is 1. The van der Waals surface area contributed by atoms with Crippen LogP contribution in [0.2, 0.25) is 0 Å². The first kappa shape index (κ1) is 23.2. The molecule has 0 atom stereocenters. The maximum atomic E-state index is 13.1. The highest BCUT2D eigenvalue weighted by molar-refractivity contribution is 9.10. The third kappa shape index (κ3) is 6.20. The van der Waals surface area contributed by atoms with Gasteiger partial charge in [-0.1, -0.05) is 15.9 Å². The van der Waals surface area contributed by atoms with Crippen molar-refractivity contribution in [1.29, 1.82) is 0 Å². The second-order valence-corrected chi connectivity index (χ2v) is 7.51. The van der Waals surface area contributed by atoms with Gasteiger partial charge in [0.15, 0.2) is 0 Å². The van der Waals surface area contributed by atoms with E-state index in [1.807, 2.05) is 0 Å². The Labute approximate surface area is 166 Å². The number of rotatable bonds is 4. The molecule has 1 amide bonds. The van der Waals surface area contributed by atoms with Crippen LogP contribution >= 0.6 is 23.8 Å². The minimum Gasteiger partial charge on any atom is -0.403 e. The summed E-state index contributed by atoms with van der Waals surface area (Å²) in [5.41, 5.74) is -4.82. The minimum atomic E-state index is -5.14. The van der Waals surface area contributed by atoms with E-state index in [0.717, 1.165) is 12.1 Å². The lowest BCUT2D eigenvalue weighted by Gasteiger charge is -2.17. The molecule has 0 heterocycles. The lowest BCUT2D eigenvalue weighted by Crippen LogP contribution is -2.19. The van der Waals surface area contributed by atoms with Crippen molar-refractivity contribution in [2.24, 2.45) is 0 Å². The fourth-order valence-corrected chi connectivity index (χ4v) is 2.92. The molecule has 0 aliphatic rings. The van der Waals surface area contributed by atoms with Crippen LogP contribution < -0.4 is 9.84 Å². The van der Waals surface area contributed by atoms with Gasteiger partial charge in [0.1, 0.15) is 5.75 Å². The topological polar surface area (TPSA) is 95.9 Å². The molecule has 2 aromatic carbocycles. The molecule has 0 radical (unpaired) electrons. The van der Waals surface area contributed by atoms with Gasteiger partial charge >= 0.3 is 20.2 Å². The van der Waals surface area contributed by atoms with Gasteiger partial charge in [-0.2, -0.15) is 26.3 Å². The van der Waals surface area contributed by atoms with Crippen molar-refractivity contribution in [3.05, 3.63) is 57.6 Å². The average molecular weight is 508 g/mol. The molecule has 6 nitrogen and oxygen atoms in total. The molecule has 0 aromatic heterocycles. The van der Waals surface area contributed by atoms with E-state index >= 15 is 0 Å². The molecule has 3 N–H and O–H groups in total. The smallest absolute Gasteiger partial charge is 0.403 e. The van der Waals surface area contributed by atoms with Gasteiger partial charge in [0.05, 0.1) is 22.4 Å². The zero-order chi connectivity index (χ0) is 22.2. The van der Waals surface area contributed by atoms with Crippen LogP contribution in [0, 0.1) is 0 Å². The van der Waals surface area contributed by atoms with Crippen molar-refractivity contribution in [2.75, 3.05) is 5.32 Å². The van der Waals surface area contributed by atoms with Crippen molar-refractivity contribution < 1.29 is 50.0 Å². The van der Waals surface area contributed by atoms with Gasteiger partial charge < -0.3 is 9.84 Å². The van der Waals surface area contributed by atoms with Crippen molar-refractivity contribution in [2.45, 2.75) is 12.4 Å². The monoisotopic (exact) mass is 507 g/mol. The molecular weight excluding hydrogens is 499 g/mol. The summed E-state index contributed by atoms with van der Waals surface area (Å²) in [7, 11) is -5.14. The first-order valence-electron chi connectivity index (χ1n) is 7.22. The summed E-state index contributed by atoms with van der Waals surface area (Å²) < 4.78 is 93.4. The number of carbonyl (C=O) groups excluding carboxylic acids is 1. The lowest BCUT2D eigenvalue weighted by atomic mass is 10.1. The maximum Gasteiger partial charge on any atom is 0.524 e. The largest absolute Gasteiger partial charge is 0.524 e. The highest BCUT2D eigenvalue weighted by atomic mass is 79.9. The number of nitrogens with one attached hydrogen (secondary N) is 1. The molecule has 0 aliphatic carbocycles. The Kier molecular flexibility index (Phi) is 6.38.